The fraction of sp³-hybridized carbons (Fsp3) is 0.538. The number of primary sulfonamides is 1. The van der Waals surface area contributed by atoms with Crippen molar-refractivity contribution in [3.05, 3.63) is 27.2 Å². The van der Waals surface area contributed by atoms with Crippen molar-refractivity contribution in [2.75, 3.05) is 12.4 Å². The first kappa shape index (κ1) is 18.8. The van der Waals surface area contributed by atoms with Crippen LogP contribution in [0, 0.1) is 11.3 Å². The van der Waals surface area contributed by atoms with Crippen molar-refractivity contribution in [2.45, 2.75) is 20.8 Å². The molecule has 0 aliphatic heterocycles. The molecule has 0 fully saturated rings. The molecule has 4 nitrogen and oxygen atoms in total. The molecule has 1 rings (SSSR count). The van der Waals surface area contributed by atoms with Crippen LogP contribution in [0.25, 0.3) is 0 Å². The highest BCUT2D eigenvalue weighted by molar-refractivity contribution is 7.89. The van der Waals surface area contributed by atoms with E-state index in [2.05, 4.69) is 0 Å². The van der Waals surface area contributed by atoms with Gasteiger partial charge in [0, 0.05) is 10.9 Å². The van der Waals surface area contributed by atoms with Crippen molar-refractivity contribution in [3.8, 4) is 5.75 Å². The normalized spacial score (nSPS) is 14.0. The van der Waals surface area contributed by atoms with Gasteiger partial charge in [0.15, 0.2) is 5.75 Å². The highest BCUT2D eigenvalue weighted by Gasteiger charge is 2.29. The van der Waals surface area contributed by atoms with Crippen molar-refractivity contribution in [1.82, 2.24) is 0 Å². The third-order valence-electron chi connectivity index (χ3n) is 3.05. The van der Waals surface area contributed by atoms with Crippen LogP contribution in [0.15, 0.2) is 12.1 Å². The predicted molar refractivity (Wildman–Crippen MR) is 87.9 cm³/mol. The average Bonchev–Trinajstić information content (AvgIpc) is 2.22. The van der Waals surface area contributed by atoms with Crippen molar-refractivity contribution < 1.29 is 13.2 Å². The summed E-state index contributed by atoms with van der Waals surface area (Å²) in [7, 11) is -3.60. The van der Waals surface area contributed by atoms with Crippen LogP contribution in [0.1, 0.15) is 20.8 Å². The molecule has 120 valence electrons. The highest BCUT2D eigenvalue weighted by Crippen LogP contribution is 2.37. The summed E-state index contributed by atoms with van der Waals surface area (Å²) in [5.74, 6) is -0.207. The van der Waals surface area contributed by atoms with Gasteiger partial charge >= 0.3 is 0 Å². The van der Waals surface area contributed by atoms with Crippen molar-refractivity contribution in [2.24, 2.45) is 16.5 Å². The van der Waals surface area contributed by atoms with Crippen molar-refractivity contribution in [1.29, 1.82) is 0 Å². The highest BCUT2D eigenvalue weighted by atomic mass is 35.5. The molecule has 1 aromatic carbocycles. The summed E-state index contributed by atoms with van der Waals surface area (Å²) in [6, 6.07) is 3.02. The van der Waals surface area contributed by atoms with Gasteiger partial charge in [-0.1, -0.05) is 55.6 Å². The quantitative estimate of drug-likeness (QED) is 0.847. The molecule has 1 atom stereocenters. The number of hydrogen-bond acceptors (Lipinski definition) is 3. The van der Waals surface area contributed by atoms with Crippen molar-refractivity contribution in [3.63, 3.8) is 0 Å². The average molecular weight is 375 g/mol. The lowest BCUT2D eigenvalue weighted by atomic mass is 9.82. The van der Waals surface area contributed by atoms with E-state index in [4.69, 9.17) is 44.7 Å². The summed E-state index contributed by atoms with van der Waals surface area (Å²) in [5, 5.41) is 6.07. The van der Waals surface area contributed by atoms with Gasteiger partial charge in [0.05, 0.1) is 22.4 Å². The Hall–Kier alpha value is -0.200. The largest absolute Gasteiger partial charge is 0.490 e. The summed E-state index contributed by atoms with van der Waals surface area (Å²) >= 11 is 17.9. The molecule has 0 saturated carbocycles. The second-order valence-electron chi connectivity index (χ2n) is 5.90. The molecule has 1 aromatic rings. The molecule has 1 unspecified atom stereocenters. The molecule has 8 heteroatoms. The van der Waals surface area contributed by atoms with E-state index in [0.717, 1.165) is 0 Å². The van der Waals surface area contributed by atoms with E-state index >= 15 is 0 Å². The molecule has 21 heavy (non-hydrogen) atoms. The smallest absolute Gasteiger partial charge is 0.209 e. The zero-order valence-corrected chi connectivity index (χ0v) is 15.1. The summed E-state index contributed by atoms with van der Waals surface area (Å²) in [6.07, 6.45) is 0. The predicted octanol–water partition coefficient (Wildman–Crippen LogP) is 3.98. The Morgan fingerprint density at radius 3 is 2.05 bits per heavy atom. The number of nitrogens with two attached hydrogens (primary N) is 1. The lowest BCUT2D eigenvalue weighted by molar-refractivity contribution is 0.163. The maximum Gasteiger partial charge on any atom is 0.209 e. The summed E-state index contributed by atoms with van der Waals surface area (Å²) in [6.45, 7) is 5.87. The molecular weight excluding hydrogens is 357 g/mol. The van der Waals surface area contributed by atoms with E-state index in [0.29, 0.717) is 5.02 Å². The zero-order valence-electron chi connectivity index (χ0n) is 12.0. The number of sulfonamides is 1. The Labute approximate surface area is 140 Å². The van der Waals surface area contributed by atoms with Gasteiger partial charge in [-0.2, -0.15) is 0 Å². The monoisotopic (exact) mass is 373 g/mol. The topological polar surface area (TPSA) is 69.4 Å². The molecule has 0 amide bonds. The molecule has 0 radical (unpaired) electrons. The second kappa shape index (κ2) is 6.92. The van der Waals surface area contributed by atoms with Crippen LogP contribution in [0.5, 0.6) is 5.75 Å². The second-order valence-corrected chi connectivity index (χ2v) is 8.81. The Bertz CT molecular complexity index is 589. The molecule has 0 saturated heterocycles. The van der Waals surface area contributed by atoms with Gasteiger partial charge in [-0.15, -0.1) is 0 Å². The summed E-state index contributed by atoms with van der Waals surface area (Å²) in [4.78, 5) is 0. The molecule has 0 spiro atoms. The number of hydrogen-bond donors (Lipinski definition) is 1. The van der Waals surface area contributed by atoms with Crippen LogP contribution in [-0.2, 0) is 10.0 Å². The Kier molecular flexibility index (Phi) is 6.21. The molecule has 0 aromatic heterocycles. The van der Waals surface area contributed by atoms with Crippen molar-refractivity contribution >= 4 is 44.8 Å². The lowest BCUT2D eigenvalue weighted by Gasteiger charge is -2.30. The molecule has 0 aliphatic carbocycles. The van der Waals surface area contributed by atoms with Crippen LogP contribution in [0.2, 0.25) is 15.1 Å². The van der Waals surface area contributed by atoms with E-state index in [1.165, 1.54) is 12.1 Å². The Balaban J connectivity index is 2.93. The van der Waals surface area contributed by atoms with E-state index < -0.39 is 10.0 Å². The minimum atomic E-state index is -3.60. The van der Waals surface area contributed by atoms with Crippen LogP contribution in [-0.4, -0.2) is 20.8 Å². The van der Waals surface area contributed by atoms with Gasteiger partial charge in [-0.3, -0.25) is 0 Å². The van der Waals surface area contributed by atoms with E-state index in [9.17, 15) is 8.42 Å². The third-order valence-corrected chi connectivity index (χ3v) is 4.70. The van der Waals surface area contributed by atoms with Gasteiger partial charge in [0.2, 0.25) is 10.0 Å². The minimum Gasteiger partial charge on any atom is -0.490 e. The minimum absolute atomic E-state index is 0.126. The van der Waals surface area contributed by atoms with E-state index in [1.54, 1.807) is 0 Å². The SMILES string of the molecule is CC(C)(C)C(COc1c(Cl)cc(Cl)cc1Cl)CS(N)(=O)=O. The first-order chi connectivity index (χ1) is 9.40. The van der Waals surface area contributed by atoms with Gasteiger partial charge in [0.1, 0.15) is 0 Å². The summed E-state index contributed by atoms with van der Waals surface area (Å²) < 4.78 is 28.3. The lowest BCUT2D eigenvalue weighted by Crippen LogP contribution is -2.35. The molecule has 0 aliphatic rings. The van der Waals surface area contributed by atoms with Crippen LogP contribution in [0.4, 0.5) is 0 Å². The molecule has 0 heterocycles. The zero-order chi connectivity index (χ0) is 16.4. The third kappa shape index (κ3) is 6.20. The standard InChI is InChI=1S/C13H18Cl3NO3S/c1-13(2,3)8(7-21(17,18)19)6-20-12-10(15)4-9(14)5-11(12)16/h4-5,8H,6-7H2,1-3H3,(H2,17,18,19). The maximum atomic E-state index is 11.3. The number of ether oxygens (including phenoxy) is 1. The van der Waals surface area contributed by atoms with Crippen LogP contribution < -0.4 is 9.88 Å². The molecule has 0 bridgehead atoms. The first-order valence-corrected chi connectivity index (χ1v) is 9.03. The number of benzene rings is 1. The van der Waals surface area contributed by atoms with Gasteiger partial charge in [-0.05, 0) is 17.5 Å². The van der Waals surface area contributed by atoms with Crippen LogP contribution in [0.3, 0.4) is 0 Å². The van der Waals surface area contributed by atoms with E-state index in [-0.39, 0.29) is 39.5 Å². The fourth-order valence-corrected chi connectivity index (χ4v) is 3.76. The van der Waals surface area contributed by atoms with Gasteiger partial charge in [0.25, 0.3) is 0 Å². The Morgan fingerprint density at radius 1 is 1.19 bits per heavy atom. The molecular formula is C13H18Cl3NO3S. The maximum absolute atomic E-state index is 11.3. The summed E-state index contributed by atoms with van der Waals surface area (Å²) in [5.41, 5.74) is -0.308. The number of halogens is 3. The van der Waals surface area contributed by atoms with Gasteiger partial charge in [-0.25, -0.2) is 13.6 Å². The Morgan fingerprint density at radius 2 is 1.67 bits per heavy atom. The van der Waals surface area contributed by atoms with Gasteiger partial charge < -0.3 is 4.74 Å². The van der Waals surface area contributed by atoms with E-state index in [1.807, 2.05) is 20.8 Å². The first-order valence-electron chi connectivity index (χ1n) is 6.18. The van der Waals surface area contributed by atoms with Crippen LogP contribution >= 0.6 is 34.8 Å². The number of rotatable bonds is 5. The fourth-order valence-electron chi connectivity index (χ4n) is 1.68. The molecule has 2 N–H and O–H groups in total.